The molecule has 4 nitrogen and oxygen atoms in total. The van der Waals surface area contributed by atoms with Gasteiger partial charge in [0, 0.05) is 16.9 Å². The Morgan fingerprint density at radius 2 is 1.97 bits per heavy atom. The summed E-state index contributed by atoms with van der Waals surface area (Å²) in [5.74, 6) is 3.88. The predicted molar refractivity (Wildman–Crippen MR) is 117 cm³/mol. The summed E-state index contributed by atoms with van der Waals surface area (Å²) in [6.07, 6.45) is 10.2. The van der Waals surface area contributed by atoms with E-state index < -0.39 is 11.2 Å². The smallest absolute Gasteiger partial charge is 0.165 e. The molecule has 7 aliphatic rings. The minimum atomic E-state index is -0.994. The van der Waals surface area contributed by atoms with Crippen molar-refractivity contribution in [3.8, 4) is 11.5 Å². The van der Waals surface area contributed by atoms with E-state index in [1.807, 2.05) is 13.8 Å². The number of rotatable bonds is 4. The Balaban J connectivity index is 1.48. The molecular formula is C27H36O4. The molecule has 2 unspecified atom stereocenters. The predicted octanol–water partition coefficient (Wildman–Crippen LogP) is 4.38. The van der Waals surface area contributed by atoms with Crippen LogP contribution in [-0.2, 0) is 11.8 Å². The lowest BCUT2D eigenvalue weighted by Crippen LogP contribution is -2.79. The highest BCUT2D eigenvalue weighted by molar-refractivity contribution is 5.63. The summed E-state index contributed by atoms with van der Waals surface area (Å²) in [6.45, 7) is 3.79. The summed E-state index contributed by atoms with van der Waals surface area (Å²) in [5, 5.41) is 23.5. The van der Waals surface area contributed by atoms with Crippen LogP contribution in [-0.4, -0.2) is 34.6 Å². The minimum absolute atomic E-state index is 0.120. The van der Waals surface area contributed by atoms with E-state index in [-0.39, 0.29) is 22.9 Å². The van der Waals surface area contributed by atoms with Gasteiger partial charge in [0.2, 0.25) is 0 Å². The van der Waals surface area contributed by atoms with Crippen molar-refractivity contribution >= 4 is 0 Å². The summed E-state index contributed by atoms with van der Waals surface area (Å²) >= 11 is 0. The van der Waals surface area contributed by atoms with E-state index in [1.165, 1.54) is 36.8 Å². The fourth-order valence-corrected chi connectivity index (χ4v) is 9.65. The zero-order valence-corrected chi connectivity index (χ0v) is 19.1. The second-order valence-corrected chi connectivity index (χ2v) is 12.4. The van der Waals surface area contributed by atoms with Crippen molar-refractivity contribution in [3.63, 3.8) is 0 Å². The molecule has 0 amide bonds. The third-order valence-electron chi connectivity index (χ3n) is 10.9. The van der Waals surface area contributed by atoms with Crippen molar-refractivity contribution < 1.29 is 19.7 Å². The monoisotopic (exact) mass is 424 g/mol. The lowest BCUT2D eigenvalue weighted by atomic mass is 9.30. The summed E-state index contributed by atoms with van der Waals surface area (Å²) in [5.41, 5.74) is 0.883. The SMILES string of the molecule is COc1ccc2c3c1O[C@@H]1C34CCC(CC3CC3)[C@H](C2)[C@]42CC[C@@]1(O)[C@@H](C(C)(C)O)C2. The number of aliphatic hydroxyl groups is 2. The maximum Gasteiger partial charge on any atom is 0.165 e. The van der Waals surface area contributed by atoms with Crippen LogP contribution >= 0.6 is 0 Å². The molecule has 4 heteroatoms. The van der Waals surface area contributed by atoms with Crippen molar-refractivity contribution in [2.75, 3.05) is 7.11 Å². The van der Waals surface area contributed by atoms with E-state index in [0.717, 1.165) is 55.4 Å². The van der Waals surface area contributed by atoms with Crippen LogP contribution in [0.1, 0.15) is 76.3 Å². The molecule has 5 fully saturated rings. The van der Waals surface area contributed by atoms with Gasteiger partial charge in [0.15, 0.2) is 11.5 Å². The molecule has 7 atom stereocenters. The summed E-state index contributed by atoms with van der Waals surface area (Å²) < 4.78 is 12.6. The molecule has 4 bridgehead atoms. The highest BCUT2D eigenvalue weighted by atomic mass is 16.5. The molecule has 2 N–H and O–H groups in total. The molecule has 2 spiro atoms. The second-order valence-electron chi connectivity index (χ2n) is 12.4. The van der Waals surface area contributed by atoms with E-state index >= 15 is 0 Å². The quantitative estimate of drug-likeness (QED) is 0.753. The molecule has 1 heterocycles. The topological polar surface area (TPSA) is 58.9 Å². The summed E-state index contributed by atoms with van der Waals surface area (Å²) in [7, 11) is 1.72. The normalized spacial score (nSPS) is 46.5. The Labute approximate surface area is 185 Å². The van der Waals surface area contributed by atoms with Gasteiger partial charge in [-0.05, 0) is 93.6 Å². The zero-order chi connectivity index (χ0) is 21.4. The van der Waals surface area contributed by atoms with Crippen LogP contribution in [0.4, 0.5) is 0 Å². The number of ether oxygens (including phenoxy) is 2. The molecule has 0 radical (unpaired) electrons. The van der Waals surface area contributed by atoms with Crippen LogP contribution < -0.4 is 9.47 Å². The number of hydrogen-bond acceptors (Lipinski definition) is 4. The molecule has 168 valence electrons. The van der Waals surface area contributed by atoms with Crippen LogP contribution in [0.3, 0.4) is 0 Å². The van der Waals surface area contributed by atoms with Crippen molar-refractivity contribution in [3.05, 3.63) is 23.3 Å². The summed E-state index contributed by atoms with van der Waals surface area (Å²) in [4.78, 5) is 0. The van der Waals surface area contributed by atoms with Gasteiger partial charge in [-0.15, -0.1) is 0 Å². The van der Waals surface area contributed by atoms with Crippen LogP contribution in [0.25, 0.3) is 0 Å². The van der Waals surface area contributed by atoms with Crippen LogP contribution in [0, 0.1) is 29.1 Å². The van der Waals surface area contributed by atoms with Gasteiger partial charge in [0.1, 0.15) is 11.7 Å². The first kappa shape index (κ1) is 19.2. The Hall–Kier alpha value is -1.26. The fourth-order valence-electron chi connectivity index (χ4n) is 9.65. The average Bonchev–Trinajstić information content (AvgIpc) is 3.46. The first-order valence-electron chi connectivity index (χ1n) is 12.6. The largest absolute Gasteiger partial charge is 0.493 e. The first-order chi connectivity index (χ1) is 14.7. The van der Waals surface area contributed by atoms with Crippen LogP contribution in [0.15, 0.2) is 12.1 Å². The van der Waals surface area contributed by atoms with Crippen molar-refractivity contribution in [2.24, 2.45) is 29.1 Å². The molecule has 5 saturated carbocycles. The molecular weight excluding hydrogens is 388 g/mol. The first-order valence-corrected chi connectivity index (χ1v) is 12.6. The average molecular weight is 425 g/mol. The van der Waals surface area contributed by atoms with Crippen LogP contribution in [0.5, 0.6) is 11.5 Å². The van der Waals surface area contributed by atoms with E-state index in [0.29, 0.717) is 5.92 Å². The van der Waals surface area contributed by atoms with Crippen LogP contribution in [0.2, 0.25) is 0 Å². The maximum absolute atomic E-state index is 12.3. The van der Waals surface area contributed by atoms with E-state index in [9.17, 15) is 10.2 Å². The van der Waals surface area contributed by atoms with Gasteiger partial charge in [-0.3, -0.25) is 0 Å². The Morgan fingerprint density at radius 3 is 2.68 bits per heavy atom. The van der Waals surface area contributed by atoms with Gasteiger partial charge in [0.05, 0.1) is 12.7 Å². The molecule has 1 aromatic carbocycles. The van der Waals surface area contributed by atoms with Gasteiger partial charge in [-0.25, -0.2) is 0 Å². The van der Waals surface area contributed by atoms with E-state index in [4.69, 9.17) is 9.47 Å². The van der Waals surface area contributed by atoms with Crippen molar-refractivity contribution in [1.29, 1.82) is 0 Å². The van der Waals surface area contributed by atoms with Crippen molar-refractivity contribution in [1.82, 2.24) is 0 Å². The van der Waals surface area contributed by atoms with E-state index in [1.54, 1.807) is 7.11 Å². The lowest BCUT2D eigenvalue weighted by Gasteiger charge is -2.74. The number of benzene rings is 1. The lowest BCUT2D eigenvalue weighted by molar-refractivity contribution is -0.294. The van der Waals surface area contributed by atoms with Gasteiger partial charge in [0.25, 0.3) is 0 Å². The molecule has 1 aliphatic heterocycles. The van der Waals surface area contributed by atoms with Gasteiger partial charge < -0.3 is 19.7 Å². The number of methoxy groups -OCH3 is 1. The second kappa shape index (κ2) is 5.62. The molecule has 31 heavy (non-hydrogen) atoms. The van der Waals surface area contributed by atoms with Gasteiger partial charge in [-0.1, -0.05) is 18.9 Å². The minimum Gasteiger partial charge on any atom is -0.493 e. The third-order valence-corrected chi connectivity index (χ3v) is 10.9. The Kier molecular flexibility index (Phi) is 3.49. The maximum atomic E-state index is 12.3. The molecule has 6 aliphatic carbocycles. The zero-order valence-electron chi connectivity index (χ0n) is 19.1. The standard InChI is InChI=1S/C27H36O4/c1-24(2,28)20-14-25-10-11-27(20,29)23-26(25)9-8-16(12-15-4-5-15)18(25)13-17-6-7-19(30-3)22(31-23)21(17)26/h6-7,15-16,18,20,23,28-29H,4-5,8-14H2,1-3H3/t16?,18-,20+,23+,25+,26?,27+/m0/s1. The molecule has 1 aromatic rings. The molecule has 8 rings (SSSR count). The Bertz CT molecular complexity index is 961. The Morgan fingerprint density at radius 1 is 1.16 bits per heavy atom. The molecule has 0 aromatic heterocycles. The fraction of sp³-hybridized carbons (Fsp3) is 0.778. The highest BCUT2D eigenvalue weighted by Crippen LogP contribution is 2.79. The summed E-state index contributed by atoms with van der Waals surface area (Å²) in [6, 6.07) is 4.36. The van der Waals surface area contributed by atoms with E-state index in [2.05, 4.69) is 12.1 Å². The highest BCUT2D eigenvalue weighted by Gasteiger charge is 2.81. The van der Waals surface area contributed by atoms with Crippen molar-refractivity contribution in [2.45, 2.75) is 94.4 Å². The number of hydrogen-bond donors (Lipinski definition) is 2. The molecule has 0 saturated heterocycles. The third kappa shape index (κ3) is 2.07. The number of fused-ring (bicyclic) bond motifs is 2. The van der Waals surface area contributed by atoms with Gasteiger partial charge in [-0.2, -0.15) is 0 Å². The van der Waals surface area contributed by atoms with Gasteiger partial charge >= 0.3 is 0 Å².